The minimum Gasteiger partial charge on any atom is -0.496 e. The van der Waals surface area contributed by atoms with Gasteiger partial charge in [-0.15, -0.1) is 0 Å². The molecule has 0 aromatic heterocycles. The number of benzene rings is 3. The molecule has 0 aliphatic rings. The van der Waals surface area contributed by atoms with Gasteiger partial charge in [-0.25, -0.2) is 0 Å². The second-order valence-corrected chi connectivity index (χ2v) is 7.73. The van der Waals surface area contributed by atoms with Crippen LogP contribution in [0.2, 0.25) is 0 Å². The molecule has 8 heteroatoms. The molecule has 0 spiro atoms. The summed E-state index contributed by atoms with van der Waals surface area (Å²) in [7, 11) is 1.56. The molecule has 0 saturated heterocycles. The highest BCUT2D eigenvalue weighted by Gasteiger charge is 2.11. The minimum absolute atomic E-state index is 0.0105. The second-order valence-electron chi connectivity index (χ2n) is 6.16. The number of rotatable bonds is 4. The first-order valence-electron chi connectivity index (χ1n) is 8.88. The monoisotopic (exact) mass is 531 g/mol. The zero-order valence-corrected chi connectivity index (χ0v) is 18.9. The molecule has 30 heavy (non-hydrogen) atoms. The number of ether oxygens (including phenoxy) is 1. The van der Waals surface area contributed by atoms with Gasteiger partial charge in [0.05, 0.1) is 10.7 Å². The molecular weight excluding hydrogens is 513 g/mol. The standard InChI is InChI=1S/C22H18IN3O3S/c1-29-19-12-11-17(13-18(19)23)21(28)25-26-22(30)24-20(27)16-9-7-15(8-10-16)14-5-3-2-4-6-14/h2-13H,1H3,(H,25,28)(H2,24,26,27,30). The lowest BCUT2D eigenvalue weighted by molar-refractivity contribution is 0.0934. The summed E-state index contributed by atoms with van der Waals surface area (Å²) in [4.78, 5) is 24.6. The fraction of sp³-hybridized carbons (Fsp3) is 0.0455. The van der Waals surface area contributed by atoms with E-state index in [-0.39, 0.29) is 16.9 Å². The van der Waals surface area contributed by atoms with Gasteiger partial charge in [0.15, 0.2) is 5.11 Å². The fourth-order valence-electron chi connectivity index (χ4n) is 2.64. The number of hydrazine groups is 1. The average molecular weight is 531 g/mol. The summed E-state index contributed by atoms with van der Waals surface area (Å²) in [5.41, 5.74) is 7.95. The molecule has 3 aromatic carbocycles. The quantitative estimate of drug-likeness (QED) is 0.270. The number of thiocarbonyl (C=S) groups is 1. The molecule has 3 aromatic rings. The fourth-order valence-corrected chi connectivity index (χ4v) is 3.52. The first-order valence-corrected chi connectivity index (χ1v) is 10.4. The Kier molecular flexibility index (Phi) is 7.36. The SMILES string of the molecule is COc1ccc(C(=O)NNC(=S)NC(=O)c2ccc(-c3ccccc3)cc2)cc1I. The van der Waals surface area contributed by atoms with Crippen molar-refractivity contribution in [3.8, 4) is 16.9 Å². The Balaban J connectivity index is 1.54. The van der Waals surface area contributed by atoms with E-state index in [2.05, 4.69) is 38.8 Å². The molecule has 2 amide bonds. The number of methoxy groups -OCH3 is 1. The van der Waals surface area contributed by atoms with Crippen LogP contribution in [0, 0.1) is 3.57 Å². The van der Waals surface area contributed by atoms with Crippen LogP contribution >= 0.6 is 34.8 Å². The summed E-state index contributed by atoms with van der Waals surface area (Å²) < 4.78 is 5.98. The van der Waals surface area contributed by atoms with Crippen LogP contribution in [0.3, 0.4) is 0 Å². The van der Waals surface area contributed by atoms with Crippen molar-refractivity contribution in [1.82, 2.24) is 16.2 Å². The van der Waals surface area contributed by atoms with E-state index < -0.39 is 0 Å². The Bertz CT molecular complexity index is 1070. The zero-order chi connectivity index (χ0) is 21.5. The van der Waals surface area contributed by atoms with Gasteiger partial charge in [-0.1, -0.05) is 42.5 Å². The van der Waals surface area contributed by atoms with Crippen molar-refractivity contribution in [2.75, 3.05) is 7.11 Å². The highest BCUT2D eigenvalue weighted by molar-refractivity contribution is 14.1. The van der Waals surface area contributed by atoms with E-state index in [1.165, 1.54) is 0 Å². The van der Waals surface area contributed by atoms with E-state index in [0.29, 0.717) is 16.9 Å². The Labute approximate surface area is 193 Å². The molecule has 0 fully saturated rings. The summed E-state index contributed by atoms with van der Waals surface area (Å²) >= 11 is 7.17. The Morgan fingerprint density at radius 1 is 0.833 bits per heavy atom. The molecule has 0 heterocycles. The molecule has 0 aliphatic carbocycles. The van der Waals surface area contributed by atoms with Crippen molar-refractivity contribution in [3.63, 3.8) is 0 Å². The van der Waals surface area contributed by atoms with Crippen molar-refractivity contribution >= 4 is 51.7 Å². The number of nitrogens with one attached hydrogen (secondary N) is 3. The molecule has 3 N–H and O–H groups in total. The van der Waals surface area contributed by atoms with Gasteiger partial charge >= 0.3 is 0 Å². The van der Waals surface area contributed by atoms with Crippen molar-refractivity contribution in [1.29, 1.82) is 0 Å². The van der Waals surface area contributed by atoms with E-state index in [4.69, 9.17) is 17.0 Å². The molecule has 6 nitrogen and oxygen atoms in total. The third kappa shape index (κ3) is 5.55. The van der Waals surface area contributed by atoms with Gasteiger partial charge in [0.2, 0.25) is 0 Å². The van der Waals surface area contributed by atoms with E-state index in [1.807, 2.05) is 42.5 Å². The van der Waals surface area contributed by atoms with Crippen molar-refractivity contribution in [2.24, 2.45) is 0 Å². The summed E-state index contributed by atoms with van der Waals surface area (Å²) in [6.45, 7) is 0. The molecule has 0 radical (unpaired) electrons. The summed E-state index contributed by atoms with van der Waals surface area (Å²) in [5.74, 6) is -0.0825. The van der Waals surface area contributed by atoms with Crippen LogP contribution in [0.1, 0.15) is 20.7 Å². The normalized spacial score (nSPS) is 10.1. The van der Waals surface area contributed by atoms with Crippen LogP contribution in [0.15, 0.2) is 72.8 Å². The lowest BCUT2D eigenvalue weighted by Crippen LogP contribution is -2.48. The Hall–Kier alpha value is -2.98. The van der Waals surface area contributed by atoms with E-state index in [9.17, 15) is 9.59 Å². The molecule has 0 bridgehead atoms. The Morgan fingerprint density at radius 2 is 1.47 bits per heavy atom. The third-order valence-electron chi connectivity index (χ3n) is 4.18. The molecule has 0 atom stereocenters. The topological polar surface area (TPSA) is 79.5 Å². The van der Waals surface area contributed by atoms with Crippen LogP contribution in [-0.2, 0) is 0 Å². The highest BCUT2D eigenvalue weighted by Crippen LogP contribution is 2.21. The van der Waals surface area contributed by atoms with Crippen molar-refractivity contribution in [3.05, 3.63) is 87.5 Å². The second kappa shape index (κ2) is 10.2. The maximum absolute atomic E-state index is 12.4. The molecule has 3 rings (SSSR count). The molecule has 0 aliphatic heterocycles. The van der Waals surface area contributed by atoms with Gasteiger partial charge in [0.25, 0.3) is 11.8 Å². The number of amides is 2. The molecule has 152 valence electrons. The maximum atomic E-state index is 12.4. The van der Waals surface area contributed by atoms with Gasteiger partial charge in [0, 0.05) is 11.1 Å². The van der Waals surface area contributed by atoms with Crippen molar-refractivity contribution < 1.29 is 14.3 Å². The first kappa shape index (κ1) is 21.7. The van der Waals surface area contributed by atoms with E-state index in [0.717, 1.165) is 14.7 Å². The predicted octanol–water partition coefficient (Wildman–Crippen LogP) is 3.92. The number of carbonyl (C=O) groups is 2. The predicted molar refractivity (Wildman–Crippen MR) is 128 cm³/mol. The lowest BCUT2D eigenvalue weighted by atomic mass is 10.0. The van der Waals surface area contributed by atoms with Gasteiger partial charge in [-0.3, -0.25) is 25.8 Å². The molecular formula is C22H18IN3O3S. The van der Waals surface area contributed by atoms with Gasteiger partial charge < -0.3 is 4.74 Å². The zero-order valence-electron chi connectivity index (χ0n) is 15.9. The van der Waals surface area contributed by atoms with Crippen molar-refractivity contribution in [2.45, 2.75) is 0 Å². The summed E-state index contributed by atoms with van der Waals surface area (Å²) in [5, 5.41) is 2.53. The van der Waals surface area contributed by atoms with Crippen LogP contribution in [-0.4, -0.2) is 24.0 Å². The van der Waals surface area contributed by atoms with Gasteiger partial charge in [0.1, 0.15) is 5.75 Å². The van der Waals surface area contributed by atoms with E-state index >= 15 is 0 Å². The molecule has 0 unspecified atom stereocenters. The lowest BCUT2D eigenvalue weighted by Gasteiger charge is -2.12. The average Bonchev–Trinajstić information content (AvgIpc) is 2.78. The maximum Gasteiger partial charge on any atom is 0.269 e. The molecule has 0 saturated carbocycles. The van der Waals surface area contributed by atoms with Crippen LogP contribution in [0.25, 0.3) is 11.1 Å². The summed E-state index contributed by atoms with van der Waals surface area (Å²) in [6, 6.07) is 22.1. The Morgan fingerprint density at radius 3 is 2.10 bits per heavy atom. The van der Waals surface area contributed by atoms with Gasteiger partial charge in [-0.05, 0) is 76.3 Å². The van der Waals surface area contributed by atoms with Crippen LogP contribution in [0.5, 0.6) is 5.75 Å². The van der Waals surface area contributed by atoms with Crippen LogP contribution < -0.4 is 20.9 Å². The van der Waals surface area contributed by atoms with Crippen LogP contribution in [0.4, 0.5) is 0 Å². The first-order chi connectivity index (χ1) is 14.5. The van der Waals surface area contributed by atoms with E-state index in [1.54, 1.807) is 37.4 Å². The van der Waals surface area contributed by atoms with Gasteiger partial charge in [-0.2, -0.15) is 0 Å². The number of hydrogen-bond acceptors (Lipinski definition) is 4. The highest BCUT2D eigenvalue weighted by atomic mass is 127. The number of hydrogen-bond donors (Lipinski definition) is 3. The smallest absolute Gasteiger partial charge is 0.269 e. The third-order valence-corrected chi connectivity index (χ3v) is 5.23. The largest absolute Gasteiger partial charge is 0.496 e. The number of halogens is 1. The minimum atomic E-state index is -0.389. The summed E-state index contributed by atoms with van der Waals surface area (Å²) in [6.07, 6.45) is 0. The number of carbonyl (C=O) groups excluding carboxylic acids is 2.